The van der Waals surface area contributed by atoms with Gasteiger partial charge in [0.25, 0.3) is 0 Å². The van der Waals surface area contributed by atoms with Crippen molar-refractivity contribution in [3.63, 3.8) is 0 Å². The van der Waals surface area contributed by atoms with Crippen molar-refractivity contribution >= 4 is 11.9 Å². The molecule has 1 fully saturated rings. The molecule has 0 radical (unpaired) electrons. The Bertz CT molecular complexity index is 314. The molecule has 1 amide bonds. The number of likely N-dealkylation sites (tertiary alicyclic amines) is 1. The summed E-state index contributed by atoms with van der Waals surface area (Å²) in [5, 5.41) is 0. The molecule has 0 spiro atoms. The van der Waals surface area contributed by atoms with E-state index in [2.05, 4.69) is 0 Å². The average molecular weight is 257 g/mol. The van der Waals surface area contributed by atoms with Crippen molar-refractivity contribution in [2.75, 3.05) is 27.3 Å². The van der Waals surface area contributed by atoms with Crippen LogP contribution in [0.15, 0.2) is 0 Å². The SMILES string of the molecule is COC(=O)C1CCCN(C(=O)CC(C)(C)OC)C1. The van der Waals surface area contributed by atoms with E-state index in [4.69, 9.17) is 9.47 Å². The second-order valence-electron chi connectivity index (χ2n) is 5.34. The highest BCUT2D eigenvalue weighted by atomic mass is 16.5. The monoisotopic (exact) mass is 257 g/mol. The standard InChI is InChI=1S/C13H23NO4/c1-13(2,18-4)8-11(15)14-7-5-6-10(9-14)12(16)17-3/h10H,5-9H2,1-4H3. The minimum absolute atomic E-state index is 0.0375. The van der Waals surface area contributed by atoms with E-state index in [9.17, 15) is 9.59 Å². The Balaban J connectivity index is 2.56. The van der Waals surface area contributed by atoms with Crippen LogP contribution in [0.3, 0.4) is 0 Å². The molecule has 0 N–H and O–H groups in total. The van der Waals surface area contributed by atoms with Crippen molar-refractivity contribution in [1.82, 2.24) is 4.90 Å². The lowest BCUT2D eigenvalue weighted by molar-refractivity contribution is -0.149. The topological polar surface area (TPSA) is 55.8 Å². The molecule has 104 valence electrons. The first kappa shape index (κ1) is 15.0. The normalized spacial score (nSPS) is 20.7. The predicted octanol–water partition coefficient (Wildman–Crippen LogP) is 1.21. The molecule has 0 saturated carbocycles. The lowest BCUT2D eigenvalue weighted by Gasteiger charge is -2.33. The van der Waals surface area contributed by atoms with Crippen LogP contribution in [0, 0.1) is 5.92 Å². The summed E-state index contributed by atoms with van der Waals surface area (Å²) in [4.78, 5) is 25.4. The molecular formula is C13H23NO4. The molecule has 0 bridgehead atoms. The molecule has 18 heavy (non-hydrogen) atoms. The summed E-state index contributed by atoms with van der Waals surface area (Å²) in [6, 6.07) is 0. The summed E-state index contributed by atoms with van der Waals surface area (Å²) < 4.78 is 9.99. The van der Waals surface area contributed by atoms with Crippen molar-refractivity contribution in [3.8, 4) is 0 Å². The lowest BCUT2D eigenvalue weighted by Crippen LogP contribution is -2.45. The first-order valence-corrected chi connectivity index (χ1v) is 6.30. The van der Waals surface area contributed by atoms with E-state index in [1.54, 1.807) is 12.0 Å². The molecule has 1 aliphatic heterocycles. The Morgan fingerprint density at radius 1 is 1.33 bits per heavy atom. The third-order valence-electron chi connectivity index (χ3n) is 3.44. The first-order chi connectivity index (χ1) is 8.39. The number of carbonyl (C=O) groups excluding carboxylic acids is 2. The molecule has 0 aromatic rings. The Labute approximate surface area is 108 Å². The van der Waals surface area contributed by atoms with Gasteiger partial charge in [-0.3, -0.25) is 9.59 Å². The van der Waals surface area contributed by atoms with Gasteiger partial charge in [-0.15, -0.1) is 0 Å². The molecule has 1 atom stereocenters. The van der Waals surface area contributed by atoms with Gasteiger partial charge in [0.15, 0.2) is 0 Å². The first-order valence-electron chi connectivity index (χ1n) is 6.30. The summed E-state index contributed by atoms with van der Waals surface area (Å²) in [5.41, 5.74) is -0.463. The van der Waals surface area contributed by atoms with Crippen LogP contribution >= 0.6 is 0 Å². The maximum absolute atomic E-state index is 12.1. The fraction of sp³-hybridized carbons (Fsp3) is 0.846. The number of hydrogen-bond donors (Lipinski definition) is 0. The highest BCUT2D eigenvalue weighted by Crippen LogP contribution is 2.21. The zero-order chi connectivity index (χ0) is 13.8. The van der Waals surface area contributed by atoms with Crippen molar-refractivity contribution in [1.29, 1.82) is 0 Å². The minimum Gasteiger partial charge on any atom is -0.469 e. The van der Waals surface area contributed by atoms with E-state index in [-0.39, 0.29) is 17.8 Å². The largest absolute Gasteiger partial charge is 0.469 e. The van der Waals surface area contributed by atoms with Crippen molar-refractivity contribution < 1.29 is 19.1 Å². The molecule has 1 saturated heterocycles. The van der Waals surface area contributed by atoms with E-state index < -0.39 is 5.60 Å². The second kappa shape index (κ2) is 6.18. The number of nitrogens with zero attached hydrogens (tertiary/aromatic N) is 1. The minimum atomic E-state index is -0.463. The number of methoxy groups -OCH3 is 2. The Morgan fingerprint density at radius 2 is 2.00 bits per heavy atom. The number of esters is 1. The van der Waals surface area contributed by atoms with Crippen LogP contribution in [-0.4, -0.2) is 49.7 Å². The summed E-state index contributed by atoms with van der Waals surface area (Å²) in [6.45, 7) is 4.94. The zero-order valence-corrected chi connectivity index (χ0v) is 11.7. The number of amides is 1. The number of ether oxygens (including phenoxy) is 2. The van der Waals surface area contributed by atoms with Crippen molar-refractivity contribution in [2.24, 2.45) is 5.92 Å². The number of carbonyl (C=O) groups is 2. The van der Waals surface area contributed by atoms with Crippen LogP contribution in [0.5, 0.6) is 0 Å². The van der Waals surface area contributed by atoms with Crippen LogP contribution in [0.25, 0.3) is 0 Å². The van der Waals surface area contributed by atoms with Crippen molar-refractivity contribution in [2.45, 2.75) is 38.7 Å². The van der Waals surface area contributed by atoms with E-state index in [1.807, 2.05) is 13.8 Å². The second-order valence-corrected chi connectivity index (χ2v) is 5.34. The van der Waals surface area contributed by atoms with Gasteiger partial charge in [0, 0.05) is 20.2 Å². The van der Waals surface area contributed by atoms with Crippen LogP contribution in [0.4, 0.5) is 0 Å². The van der Waals surface area contributed by atoms with Gasteiger partial charge in [0.1, 0.15) is 0 Å². The molecule has 5 nitrogen and oxygen atoms in total. The van der Waals surface area contributed by atoms with E-state index in [0.717, 1.165) is 12.8 Å². The van der Waals surface area contributed by atoms with Gasteiger partial charge in [0.05, 0.1) is 25.0 Å². The van der Waals surface area contributed by atoms with Gasteiger partial charge in [-0.25, -0.2) is 0 Å². The fourth-order valence-electron chi connectivity index (χ4n) is 2.11. The quantitative estimate of drug-likeness (QED) is 0.710. The van der Waals surface area contributed by atoms with Crippen LogP contribution in [-0.2, 0) is 19.1 Å². The molecule has 1 heterocycles. The Kier molecular flexibility index (Phi) is 5.14. The van der Waals surface area contributed by atoms with Crippen LogP contribution < -0.4 is 0 Å². The molecular weight excluding hydrogens is 234 g/mol. The molecule has 0 aromatic carbocycles. The number of piperidine rings is 1. The third-order valence-corrected chi connectivity index (χ3v) is 3.44. The number of rotatable bonds is 4. The molecule has 0 aliphatic carbocycles. The number of hydrogen-bond acceptors (Lipinski definition) is 4. The maximum atomic E-state index is 12.1. The molecule has 0 aromatic heterocycles. The van der Waals surface area contributed by atoms with Crippen LogP contribution in [0.2, 0.25) is 0 Å². The molecule has 1 rings (SSSR count). The smallest absolute Gasteiger partial charge is 0.310 e. The van der Waals surface area contributed by atoms with E-state index >= 15 is 0 Å². The van der Waals surface area contributed by atoms with E-state index in [0.29, 0.717) is 19.5 Å². The van der Waals surface area contributed by atoms with Gasteiger partial charge >= 0.3 is 5.97 Å². The van der Waals surface area contributed by atoms with E-state index in [1.165, 1.54) is 7.11 Å². The van der Waals surface area contributed by atoms with Gasteiger partial charge in [-0.1, -0.05) is 0 Å². The molecule has 5 heteroatoms. The maximum Gasteiger partial charge on any atom is 0.310 e. The molecule has 1 unspecified atom stereocenters. The summed E-state index contributed by atoms with van der Waals surface area (Å²) in [6.07, 6.45) is 1.97. The Hall–Kier alpha value is -1.10. The van der Waals surface area contributed by atoms with Gasteiger partial charge < -0.3 is 14.4 Å². The highest BCUT2D eigenvalue weighted by molar-refractivity contribution is 5.79. The van der Waals surface area contributed by atoms with Gasteiger partial charge in [-0.05, 0) is 26.7 Å². The predicted molar refractivity (Wildman–Crippen MR) is 67.0 cm³/mol. The summed E-state index contributed by atoms with van der Waals surface area (Å²) in [5.74, 6) is -0.368. The fourth-order valence-corrected chi connectivity index (χ4v) is 2.11. The third kappa shape index (κ3) is 3.98. The highest BCUT2D eigenvalue weighted by Gasteiger charge is 2.31. The van der Waals surface area contributed by atoms with Gasteiger partial charge in [0.2, 0.25) is 5.91 Å². The summed E-state index contributed by atoms with van der Waals surface area (Å²) >= 11 is 0. The lowest BCUT2D eigenvalue weighted by atomic mass is 9.96. The molecule has 1 aliphatic rings. The van der Waals surface area contributed by atoms with Crippen molar-refractivity contribution in [3.05, 3.63) is 0 Å². The summed E-state index contributed by atoms with van der Waals surface area (Å²) in [7, 11) is 2.98. The Morgan fingerprint density at radius 3 is 2.56 bits per heavy atom. The average Bonchev–Trinajstić information content (AvgIpc) is 2.37. The zero-order valence-electron chi connectivity index (χ0n) is 11.7. The van der Waals surface area contributed by atoms with Crippen LogP contribution in [0.1, 0.15) is 33.1 Å². The van der Waals surface area contributed by atoms with Gasteiger partial charge in [-0.2, -0.15) is 0 Å².